The van der Waals surface area contributed by atoms with Crippen LogP contribution in [0.4, 0.5) is 5.69 Å². The van der Waals surface area contributed by atoms with E-state index < -0.39 is 14.9 Å². The molecule has 0 aromatic heterocycles. The zero-order valence-electron chi connectivity index (χ0n) is 13.4. The van der Waals surface area contributed by atoms with E-state index >= 15 is 0 Å². The normalized spacial score (nSPS) is 11.2. The summed E-state index contributed by atoms with van der Waals surface area (Å²) in [6.07, 6.45) is 0. The third-order valence-electron chi connectivity index (χ3n) is 3.48. The summed E-state index contributed by atoms with van der Waals surface area (Å²) in [6, 6.07) is 10.5. The number of hydrogen-bond acceptors (Lipinski definition) is 5. The Morgan fingerprint density at radius 2 is 1.88 bits per heavy atom. The van der Waals surface area contributed by atoms with Gasteiger partial charge in [0.05, 0.1) is 9.82 Å². The Labute approximate surface area is 140 Å². The minimum Gasteiger partial charge on any atom is -0.492 e. The smallest absolute Gasteiger partial charge is 0.270 e. The highest BCUT2D eigenvalue weighted by molar-refractivity contribution is 7.89. The van der Waals surface area contributed by atoms with Gasteiger partial charge in [0.2, 0.25) is 10.0 Å². The van der Waals surface area contributed by atoms with E-state index in [1.165, 1.54) is 18.2 Å². The van der Waals surface area contributed by atoms with E-state index in [9.17, 15) is 18.5 Å². The van der Waals surface area contributed by atoms with Crippen molar-refractivity contribution in [3.8, 4) is 5.75 Å². The average molecular weight is 350 g/mol. The summed E-state index contributed by atoms with van der Waals surface area (Å²) in [7, 11) is -3.82. The minimum atomic E-state index is -3.82. The molecule has 2 rings (SSSR count). The van der Waals surface area contributed by atoms with Gasteiger partial charge in [0.1, 0.15) is 12.4 Å². The number of nitro groups is 1. The Morgan fingerprint density at radius 1 is 1.12 bits per heavy atom. The van der Waals surface area contributed by atoms with Crippen LogP contribution in [0.25, 0.3) is 0 Å². The molecule has 2 aromatic carbocycles. The van der Waals surface area contributed by atoms with Crippen molar-refractivity contribution >= 4 is 15.7 Å². The summed E-state index contributed by atoms with van der Waals surface area (Å²) >= 11 is 0. The van der Waals surface area contributed by atoms with Crippen LogP contribution in [-0.2, 0) is 10.0 Å². The van der Waals surface area contributed by atoms with E-state index in [0.29, 0.717) is 5.75 Å². The first kappa shape index (κ1) is 17.9. The van der Waals surface area contributed by atoms with Crippen molar-refractivity contribution in [1.82, 2.24) is 4.72 Å². The monoisotopic (exact) mass is 350 g/mol. The van der Waals surface area contributed by atoms with Crippen LogP contribution in [0.1, 0.15) is 11.1 Å². The lowest BCUT2D eigenvalue weighted by Gasteiger charge is -2.10. The second-order valence-corrected chi connectivity index (χ2v) is 7.01. The van der Waals surface area contributed by atoms with Crippen LogP contribution in [0.3, 0.4) is 0 Å². The molecule has 0 bridgehead atoms. The van der Waals surface area contributed by atoms with Crippen molar-refractivity contribution in [2.75, 3.05) is 13.2 Å². The third kappa shape index (κ3) is 4.53. The number of nitrogens with zero attached hydrogens (tertiary/aromatic N) is 1. The summed E-state index contributed by atoms with van der Waals surface area (Å²) in [5.74, 6) is 0.660. The molecule has 24 heavy (non-hydrogen) atoms. The number of non-ortho nitro benzene ring substituents is 1. The number of nitrogens with one attached hydrogen (secondary N) is 1. The molecule has 0 heterocycles. The van der Waals surface area contributed by atoms with Gasteiger partial charge in [-0.05, 0) is 43.2 Å². The fourth-order valence-corrected chi connectivity index (χ4v) is 3.05. The average Bonchev–Trinajstić information content (AvgIpc) is 2.55. The lowest BCUT2D eigenvalue weighted by Crippen LogP contribution is -2.28. The molecule has 0 fully saturated rings. The first-order valence-electron chi connectivity index (χ1n) is 7.24. The van der Waals surface area contributed by atoms with Crippen molar-refractivity contribution in [3.63, 3.8) is 0 Å². The fraction of sp³-hybridized carbons (Fsp3) is 0.250. The number of nitro benzene ring substituents is 1. The van der Waals surface area contributed by atoms with Crippen molar-refractivity contribution in [2.24, 2.45) is 0 Å². The molecular formula is C16H18N2O5S. The van der Waals surface area contributed by atoms with Crippen molar-refractivity contribution < 1.29 is 18.1 Å². The first-order chi connectivity index (χ1) is 11.3. The predicted molar refractivity (Wildman–Crippen MR) is 89.7 cm³/mol. The van der Waals surface area contributed by atoms with Crippen molar-refractivity contribution in [1.29, 1.82) is 0 Å². The molecule has 1 N–H and O–H groups in total. The quantitative estimate of drug-likeness (QED) is 0.470. The maximum absolute atomic E-state index is 12.1. The van der Waals surface area contributed by atoms with Gasteiger partial charge < -0.3 is 4.74 Å². The predicted octanol–water partition coefficient (Wildman–Crippen LogP) is 2.57. The molecule has 7 nitrogen and oxygen atoms in total. The van der Waals surface area contributed by atoms with Gasteiger partial charge in [0.25, 0.3) is 5.69 Å². The summed E-state index contributed by atoms with van der Waals surface area (Å²) in [5.41, 5.74) is 1.96. The number of aryl methyl sites for hydroxylation is 2. The zero-order chi connectivity index (χ0) is 17.7. The van der Waals surface area contributed by atoms with Crippen LogP contribution in [0.5, 0.6) is 5.75 Å². The van der Waals surface area contributed by atoms with Gasteiger partial charge >= 0.3 is 0 Å². The number of ether oxygens (including phenoxy) is 1. The summed E-state index contributed by atoms with van der Waals surface area (Å²) < 4.78 is 32.1. The van der Waals surface area contributed by atoms with Gasteiger partial charge in [0, 0.05) is 18.7 Å². The summed E-state index contributed by atoms with van der Waals surface area (Å²) in [4.78, 5) is 9.93. The summed E-state index contributed by atoms with van der Waals surface area (Å²) in [5, 5.41) is 10.7. The molecule has 0 amide bonds. The standard InChI is InChI=1S/C16H18N2O5S/c1-12-6-7-15(10-13(12)2)23-9-8-17-24(21,22)16-5-3-4-14(11-16)18(19)20/h3-7,10-11,17H,8-9H2,1-2H3. The molecule has 0 unspecified atom stereocenters. The zero-order valence-corrected chi connectivity index (χ0v) is 14.2. The molecule has 0 saturated carbocycles. The maximum atomic E-state index is 12.1. The molecule has 0 radical (unpaired) electrons. The van der Waals surface area contributed by atoms with Gasteiger partial charge in [-0.1, -0.05) is 12.1 Å². The van der Waals surface area contributed by atoms with Crippen LogP contribution in [-0.4, -0.2) is 26.5 Å². The molecule has 0 saturated heterocycles. The van der Waals surface area contributed by atoms with Gasteiger partial charge in [-0.3, -0.25) is 10.1 Å². The van der Waals surface area contributed by atoms with Crippen LogP contribution < -0.4 is 9.46 Å². The highest BCUT2D eigenvalue weighted by Crippen LogP contribution is 2.18. The summed E-state index contributed by atoms with van der Waals surface area (Å²) in [6.45, 7) is 4.16. The van der Waals surface area contributed by atoms with E-state index in [2.05, 4.69) is 4.72 Å². The highest BCUT2D eigenvalue weighted by Gasteiger charge is 2.17. The Morgan fingerprint density at radius 3 is 2.54 bits per heavy atom. The molecule has 0 aliphatic rings. The Kier molecular flexibility index (Phi) is 5.53. The molecule has 2 aromatic rings. The fourth-order valence-electron chi connectivity index (χ4n) is 2.00. The van der Waals surface area contributed by atoms with Crippen LogP contribution >= 0.6 is 0 Å². The second kappa shape index (κ2) is 7.41. The largest absolute Gasteiger partial charge is 0.492 e. The SMILES string of the molecule is Cc1ccc(OCCNS(=O)(=O)c2cccc([N+](=O)[O-])c2)cc1C. The molecule has 0 atom stereocenters. The molecule has 128 valence electrons. The first-order valence-corrected chi connectivity index (χ1v) is 8.72. The van der Waals surface area contributed by atoms with E-state index in [0.717, 1.165) is 17.2 Å². The third-order valence-corrected chi connectivity index (χ3v) is 4.94. The Balaban J connectivity index is 1.94. The van der Waals surface area contributed by atoms with Crippen LogP contribution in [0.15, 0.2) is 47.4 Å². The van der Waals surface area contributed by atoms with E-state index in [-0.39, 0.29) is 23.7 Å². The maximum Gasteiger partial charge on any atom is 0.270 e. The van der Waals surface area contributed by atoms with E-state index in [1.807, 2.05) is 32.0 Å². The van der Waals surface area contributed by atoms with Gasteiger partial charge in [-0.25, -0.2) is 13.1 Å². The Bertz CT molecular complexity index is 849. The molecule has 0 aliphatic carbocycles. The molecule has 0 spiro atoms. The highest BCUT2D eigenvalue weighted by atomic mass is 32.2. The lowest BCUT2D eigenvalue weighted by molar-refractivity contribution is -0.385. The molecule has 8 heteroatoms. The van der Waals surface area contributed by atoms with Crippen molar-refractivity contribution in [3.05, 3.63) is 63.7 Å². The number of hydrogen-bond donors (Lipinski definition) is 1. The molecule has 0 aliphatic heterocycles. The van der Waals surface area contributed by atoms with Crippen LogP contribution in [0.2, 0.25) is 0 Å². The number of rotatable bonds is 7. The Hall–Kier alpha value is -2.45. The van der Waals surface area contributed by atoms with Gasteiger partial charge in [0.15, 0.2) is 0 Å². The molecular weight excluding hydrogens is 332 g/mol. The number of sulfonamides is 1. The number of benzene rings is 2. The van der Waals surface area contributed by atoms with Gasteiger partial charge in [-0.15, -0.1) is 0 Å². The minimum absolute atomic E-state index is 0.0535. The second-order valence-electron chi connectivity index (χ2n) is 5.25. The topological polar surface area (TPSA) is 98.5 Å². The van der Waals surface area contributed by atoms with Gasteiger partial charge in [-0.2, -0.15) is 0 Å². The lowest BCUT2D eigenvalue weighted by atomic mass is 10.1. The van der Waals surface area contributed by atoms with E-state index in [1.54, 1.807) is 0 Å². The van der Waals surface area contributed by atoms with Crippen LogP contribution in [0, 0.1) is 24.0 Å². The van der Waals surface area contributed by atoms with Crippen molar-refractivity contribution in [2.45, 2.75) is 18.7 Å². The van der Waals surface area contributed by atoms with E-state index in [4.69, 9.17) is 4.74 Å².